The first-order chi connectivity index (χ1) is 18.6. The summed E-state index contributed by atoms with van der Waals surface area (Å²) in [5.74, 6) is 5.81. The van der Waals surface area contributed by atoms with Crippen LogP contribution in [0.3, 0.4) is 0 Å². The number of aromatic nitrogens is 1. The van der Waals surface area contributed by atoms with E-state index in [0.29, 0.717) is 46.6 Å². The first-order valence-corrected chi connectivity index (χ1v) is 12.5. The van der Waals surface area contributed by atoms with Gasteiger partial charge in [-0.1, -0.05) is 18.1 Å². The van der Waals surface area contributed by atoms with Gasteiger partial charge in [0.05, 0.1) is 42.2 Å². The maximum atomic E-state index is 14.7. The van der Waals surface area contributed by atoms with Crippen molar-refractivity contribution in [2.75, 3.05) is 51.5 Å². The number of nitrogens with zero attached hydrogens (tertiary/aromatic N) is 2. The van der Waals surface area contributed by atoms with Crippen molar-refractivity contribution in [1.82, 2.24) is 14.8 Å². The van der Waals surface area contributed by atoms with Crippen molar-refractivity contribution in [3.05, 3.63) is 53.7 Å². The van der Waals surface area contributed by atoms with Gasteiger partial charge in [0.15, 0.2) is 0 Å². The second kappa shape index (κ2) is 11.9. The molecule has 1 fully saturated rings. The van der Waals surface area contributed by atoms with Crippen molar-refractivity contribution in [3.8, 4) is 17.6 Å². The van der Waals surface area contributed by atoms with Gasteiger partial charge in [-0.25, -0.2) is 4.39 Å². The fourth-order valence-corrected chi connectivity index (χ4v) is 4.76. The van der Waals surface area contributed by atoms with Gasteiger partial charge in [-0.15, -0.1) is 0 Å². The summed E-state index contributed by atoms with van der Waals surface area (Å²) < 4.78 is 61.7. The molecule has 0 saturated carbocycles. The molecule has 0 spiro atoms. The molecule has 1 aliphatic heterocycles. The van der Waals surface area contributed by atoms with Crippen LogP contribution < -0.4 is 20.7 Å². The molecule has 3 aromatic rings. The first-order valence-electron chi connectivity index (χ1n) is 12.5. The van der Waals surface area contributed by atoms with E-state index in [1.165, 1.54) is 14.2 Å². The summed E-state index contributed by atoms with van der Waals surface area (Å²) in [6, 6.07) is 11.1. The maximum Gasteiger partial charge on any atom is 0.406 e. The Morgan fingerprint density at radius 1 is 1.21 bits per heavy atom. The normalized spacial score (nSPS) is 17.8. The Labute approximate surface area is 224 Å². The highest BCUT2D eigenvalue weighted by atomic mass is 19.4. The van der Waals surface area contributed by atoms with Crippen LogP contribution in [0.15, 0.2) is 42.5 Å². The summed E-state index contributed by atoms with van der Waals surface area (Å²) in [5, 5.41) is 9.36. The number of rotatable bonds is 7. The summed E-state index contributed by atoms with van der Waals surface area (Å²) >= 11 is 0. The molecule has 0 bridgehead atoms. The quantitative estimate of drug-likeness (QED) is 0.302. The highest BCUT2D eigenvalue weighted by Gasteiger charge is 2.31. The minimum atomic E-state index is -4.47. The Balaban J connectivity index is 1.64. The molecule has 0 aliphatic carbocycles. The number of ether oxygens (including phenoxy) is 1. The van der Waals surface area contributed by atoms with Crippen molar-refractivity contribution in [3.63, 3.8) is 0 Å². The Kier molecular flexibility index (Phi) is 8.55. The molecule has 7 nitrogen and oxygen atoms in total. The largest absolute Gasteiger partial charge is 0.495 e. The number of benzene rings is 2. The predicted octanol–water partition coefficient (Wildman–Crippen LogP) is 4.49. The third kappa shape index (κ3) is 6.57. The van der Waals surface area contributed by atoms with Crippen molar-refractivity contribution in [1.29, 1.82) is 0 Å². The summed E-state index contributed by atoms with van der Waals surface area (Å²) in [6.45, 7) is -0.159. The van der Waals surface area contributed by atoms with Gasteiger partial charge in [0, 0.05) is 31.2 Å². The van der Waals surface area contributed by atoms with Crippen LogP contribution in [0.1, 0.15) is 22.5 Å². The van der Waals surface area contributed by atoms with E-state index in [2.05, 4.69) is 27.8 Å². The highest BCUT2D eigenvalue weighted by molar-refractivity contribution is 6.01. The van der Waals surface area contributed by atoms with E-state index in [4.69, 9.17) is 4.74 Å². The zero-order valence-electron chi connectivity index (χ0n) is 22.0. The number of nitrogens with one attached hydrogen (secondary N) is 3. The number of para-hydroxylation sites is 1. The number of amides is 1. The average molecular weight is 546 g/mol. The minimum absolute atomic E-state index is 0.0438. The van der Waals surface area contributed by atoms with Crippen molar-refractivity contribution in [2.24, 2.45) is 0 Å². The predicted molar refractivity (Wildman–Crippen MR) is 144 cm³/mol. The van der Waals surface area contributed by atoms with Crippen molar-refractivity contribution >= 4 is 28.2 Å². The number of carbonyl (C=O) groups is 1. The van der Waals surface area contributed by atoms with E-state index in [0.717, 1.165) is 11.1 Å². The lowest BCUT2D eigenvalue weighted by Gasteiger charge is -2.33. The molecular formula is C28H31F4N5O2. The highest BCUT2D eigenvalue weighted by Crippen LogP contribution is 2.32. The Bertz CT molecular complexity index is 1390. The van der Waals surface area contributed by atoms with Crippen molar-refractivity contribution in [2.45, 2.75) is 31.4 Å². The van der Waals surface area contributed by atoms with E-state index in [9.17, 15) is 22.4 Å². The third-order valence-corrected chi connectivity index (χ3v) is 6.66. The van der Waals surface area contributed by atoms with Gasteiger partial charge in [0.1, 0.15) is 18.5 Å². The van der Waals surface area contributed by atoms with E-state index in [-0.39, 0.29) is 18.1 Å². The molecular weight excluding hydrogens is 514 g/mol. The standard InChI is InChI=1S/C28H31F4N5O2/c1-33-27(38)19-8-4-11-25(39-3)26(19)34-13-6-7-18-15-20-22(35-23-12-14-36(2)16-21(23)29)9-5-10-24(20)37(18)17-28(30,31)32/h4-5,8-11,15,21,23,34-35H,12-14,16-17H2,1-3H3,(H,33,38). The fourth-order valence-electron chi connectivity index (χ4n) is 4.76. The van der Waals surface area contributed by atoms with E-state index in [1.807, 2.05) is 11.9 Å². The van der Waals surface area contributed by atoms with Crippen LogP contribution in [0.25, 0.3) is 10.9 Å². The topological polar surface area (TPSA) is 70.6 Å². The van der Waals surface area contributed by atoms with Crippen LogP contribution in [0.5, 0.6) is 5.75 Å². The number of methoxy groups -OCH3 is 1. The van der Waals surface area contributed by atoms with Gasteiger partial charge in [-0.3, -0.25) is 4.79 Å². The van der Waals surface area contributed by atoms with Crippen LogP contribution in [-0.4, -0.2) is 74.6 Å². The van der Waals surface area contributed by atoms with E-state index < -0.39 is 24.9 Å². The second-order valence-corrected chi connectivity index (χ2v) is 9.40. The Hall–Kier alpha value is -3.91. The molecule has 1 aliphatic rings. The lowest BCUT2D eigenvalue weighted by Crippen LogP contribution is -2.46. The molecule has 1 aromatic heterocycles. The number of piperidine rings is 1. The van der Waals surface area contributed by atoms with Crippen LogP contribution in [-0.2, 0) is 6.54 Å². The monoisotopic (exact) mass is 545 g/mol. The molecule has 1 saturated heterocycles. The van der Waals surface area contributed by atoms with Crippen LogP contribution in [0.2, 0.25) is 0 Å². The van der Waals surface area contributed by atoms with Crippen LogP contribution in [0, 0.1) is 11.8 Å². The van der Waals surface area contributed by atoms with Gasteiger partial charge in [-0.05, 0) is 49.7 Å². The van der Waals surface area contributed by atoms with Crippen molar-refractivity contribution < 1.29 is 27.1 Å². The molecule has 0 radical (unpaired) electrons. The number of anilines is 2. The number of fused-ring (bicyclic) bond motifs is 1. The number of likely N-dealkylation sites (tertiary alicyclic amines) is 1. The maximum absolute atomic E-state index is 14.7. The molecule has 208 valence electrons. The molecule has 2 unspecified atom stereocenters. The number of carbonyl (C=O) groups excluding carboxylic acids is 1. The van der Waals surface area contributed by atoms with Gasteiger partial charge >= 0.3 is 6.18 Å². The van der Waals surface area contributed by atoms with Crippen LogP contribution in [0.4, 0.5) is 28.9 Å². The van der Waals surface area contributed by atoms with Gasteiger partial charge in [0.2, 0.25) is 0 Å². The Morgan fingerprint density at radius 3 is 2.67 bits per heavy atom. The van der Waals surface area contributed by atoms with Gasteiger partial charge in [0.25, 0.3) is 5.91 Å². The average Bonchev–Trinajstić information content (AvgIpc) is 3.24. The third-order valence-electron chi connectivity index (χ3n) is 6.66. The van der Waals surface area contributed by atoms with E-state index >= 15 is 0 Å². The number of alkyl halides is 4. The summed E-state index contributed by atoms with van der Waals surface area (Å²) in [5.41, 5.74) is 1.86. The minimum Gasteiger partial charge on any atom is -0.495 e. The molecule has 39 heavy (non-hydrogen) atoms. The number of hydrogen-bond acceptors (Lipinski definition) is 5. The summed E-state index contributed by atoms with van der Waals surface area (Å²) in [6.07, 6.45) is -4.99. The molecule has 2 atom stereocenters. The SMILES string of the molecule is CNC(=O)c1cccc(OC)c1NCC#Cc1cc2c(NC3CCN(C)CC3F)cccc2n1CC(F)(F)F. The number of hydrogen-bond donors (Lipinski definition) is 3. The molecule has 2 aromatic carbocycles. The lowest BCUT2D eigenvalue weighted by atomic mass is 10.0. The molecule has 4 rings (SSSR count). The summed E-state index contributed by atoms with van der Waals surface area (Å²) in [4.78, 5) is 14.2. The van der Waals surface area contributed by atoms with E-state index in [1.54, 1.807) is 42.5 Å². The summed E-state index contributed by atoms with van der Waals surface area (Å²) in [7, 11) is 4.83. The smallest absolute Gasteiger partial charge is 0.406 e. The fraction of sp³-hybridized carbons (Fsp3) is 0.393. The van der Waals surface area contributed by atoms with Gasteiger partial charge < -0.3 is 30.2 Å². The second-order valence-electron chi connectivity index (χ2n) is 9.40. The Morgan fingerprint density at radius 2 is 1.97 bits per heavy atom. The van der Waals surface area contributed by atoms with Crippen LogP contribution >= 0.6 is 0 Å². The lowest BCUT2D eigenvalue weighted by molar-refractivity contribution is -0.140. The molecule has 11 heteroatoms. The zero-order chi connectivity index (χ0) is 28.2. The molecule has 2 heterocycles. The first kappa shape index (κ1) is 28.1. The molecule has 1 amide bonds. The van der Waals surface area contributed by atoms with Gasteiger partial charge in [-0.2, -0.15) is 13.2 Å². The zero-order valence-corrected chi connectivity index (χ0v) is 22.0. The number of halogens is 4. The molecule has 3 N–H and O–H groups in total.